The maximum absolute atomic E-state index is 5.67. The summed E-state index contributed by atoms with van der Waals surface area (Å²) in [6.45, 7) is 9.56. The summed E-state index contributed by atoms with van der Waals surface area (Å²) < 4.78 is 6.86. The first-order valence-corrected chi connectivity index (χ1v) is 7.19. The molecular weight excluding hydrogens is 290 g/mol. The van der Waals surface area contributed by atoms with Crippen LogP contribution in [0.2, 0.25) is 0 Å². The molecule has 18 heavy (non-hydrogen) atoms. The smallest absolute Gasteiger partial charge is 0.134 e. The molecule has 0 unspecified atom stereocenters. The van der Waals surface area contributed by atoms with Gasteiger partial charge in [-0.2, -0.15) is 0 Å². The van der Waals surface area contributed by atoms with Crippen molar-refractivity contribution in [2.24, 2.45) is 0 Å². The van der Waals surface area contributed by atoms with Gasteiger partial charge in [0.25, 0.3) is 0 Å². The van der Waals surface area contributed by atoms with Crippen molar-refractivity contribution < 1.29 is 4.42 Å². The predicted molar refractivity (Wildman–Crippen MR) is 80.2 cm³/mol. The van der Waals surface area contributed by atoms with Crippen LogP contribution in [0, 0.1) is 13.8 Å². The number of aryl methyl sites for hydroxylation is 2. The van der Waals surface area contributed by atoms with Crippen molar-refractivity contribution in [2.75, 3.05) is 6.54 Å². The molecule has 0 aliphatic rings. The highest BCUT2D eigenvalue weighted by molar-refractivity contribution is 9.10. The molecule has 1 N–H and O–H groups in total. The maximum atomic E-state index is 5.67. The SMILES string of the molecule is Cc1cc2occ(CCNC(C)C)c2c(C)c1Br. The molecule has 1 aromatic heterocycles. The van der Waals surface area contributed by atoms with Gasteiger partial charge in [0, 0.05) is 15.9 Å². The first kappa shape index (κ1) is 13.6. The average Bonchev–Trinajstić information content (AvgIpc) is 2.69. The van der Waals surface area contributed by atoms with Crippen molar-refractivity contribution in [3.8, 4) is 0 Å². The van der Waals surface area contributed by atoms with Crippen LogP contribution in [0.1, 0.15) is 30.5 Å². The van der Waals surface area contributed by atoms with Crippen molar-refractivity contribution >= 4 is 26.9 Å². The van der Waals surface area contributed by atoms with E-state index in [9.17, 15) is 0 Å². The molecule has 0 radical (unpaired) electrons. The van der Waals surface area contributed by atoms with E-state index in [0.717, 1.165) is 18.5 Å². The molecule has 0 saturated carbocycles. The molecule has 98 valence electrons. The number of hydrogen-bond donors (Lipinski definition) is 1. The van der Waals surface area contributed by atoms with Gasteiger partial charge in [0.2, 0.25) is 0 Å². The lowest BCUT2D eigenvalue weighted by Gasteiger charge is -2.08. The normalized spacial score (nSPS) is 11.7. The Labute approximate surface area is 117 Å². The minimum atomic E-state index is 0.526. The summed E-state index contributed by atoms with van der Waals surface area (Å²) in [6, 6.07) is 2.63. The zero-order valence-corrected chi connectivity index (χ0v) is 13.0. The van der Waals surface area contributed by atoms with Crippen molar-refractivity contribution in [3.05, 3.63) is 33.5 Å². The van der Waals surface area contributed by atoms with Crippen LogP contribution in [0.15, 0.2) is 21.2 Å². The Bertz CT molecular complexity index is 557. The second-order valence-corrected chi connectivity index (χ2v) is 5.92. The molecule has 0 fully saturated rings. The van der Waals surface area contributed by atoms with Gasteiger partial charge in [-0.3, -0.25) is 0 Å². The molecule has 0 bridgehead atoms. The molecule has 3 heteroatoms. The third-order valence-electron chi connectivity index (χ3n) is 3.24. The van der Waals surface area contributed by atoms with Crippen LogP contribution in [0.4, 0.5) is 0 Å². The molecule has 0 aliphatic heterocycles. The Morgan fingerprint density at radius 2 is 2.06 bits per heavy atom. The second kappa shape index (κ2) is 5.45. The number of halogens is 1. The molecular formula is C15H20BrNO. The lowest BCUT2D eigenvalue weighted by molar-refractivity contribution is 0.580. The fraction of sp³-hybridized carbons (Fsp3) is 0.467. The largest absolute Gasteiger partial charge is 0.464 e. The first-order chi connectivity index (χ1) is 8.50. The number of rotatable bonds is 4. The molecule has 1 heterocycles. The molecule has 1 aromatic carbocycles. The third-order valence-corrected chi connectivity index (χ3v) is 4.46. The van der Waals surface area contributed by atoms with E-state index in [1.165, 1.54) is 26.5 Å². The average molecular weight is 310 g/mol. The van der Waals surface area contributed by atoms with Crippen LogP contribution in [0.25, 0.3) is 11.0 Å². The van der Waals surface area contributed by atoms with E-state index >= 15 is 0 Å². The Morgan fingerprint density at radius 3 is 2.72 bits per heavy atom. The quantitative estimate of drug-likeness (QED) is 0.908. The van der Waals surface area contributed by atoms with Crippen molar-refractivity contribution in [1.82, 2.24) is 5.32 Å². The lowest BCUT2D eigenvalue weighted by Crippen LogP contribution is -2.24. The Morgan fingerprint density at radius 1 is 1.33 bits per heavy atom. The molecule has 2 rings (SSSR count). The topological polar surface area (TPSA) is 25.2 Å². The van der Waals surface area contributed by atoms with Crippen LogP contribution < -0.4 is 5.32 Å². The molecule has 2 aromatic rings. The second-order valence-electron chi connectivity index (χ2n) is 5.13. The Hall–Kier alpha value is -0.800. The number of hydrogen-bond acceptors (Lipinski definition) is 2. The minimum absolute atomic E-state index is 0.526. The lowest BCUT2D eigenvalue weighted by atomic mass is 10.0. The summed E-state index contributed by atoms with van der Waals surface area (Å²) in [4.78, 5) is 0. The summed E-state index contributed by atoms with van der Waals surface area (Å²) in [7, 11) is 0. The van der Waals surface area contributed by atoms with E-state index in [2.05, 4.69) is 55.0 Å². The van der Waals surface area contributed by atoms with Crippen molar-refractivity contribution in [3.63, 3.8) is 0 Å². The Kier molecular flexibility index (Phi) is 4.13. The summed E-state index contributed by atoms with van der Waals surface area (Å²) in [5.74, 6) is 0. The van der Waals surface area contributed by atoms with E-state index in [0.29, 0.717) is 6.04 Å². The van der Waals surface area contributed by atoms with Gasteiger partial charge in [-0.15, -0.1) is 0 Å². The summed E-state index contributed by atoms with van der Waals surface area (Å²) in [5.41, 5.74) is 4.78. The molecule has 0 aliphatic carbocycles. The van der Waals surface area contributed by atoms with Crippen molar-refractivity contribution in [1.29, 1.82) is 0 Å². The van der Waals surface area contributed by atoms with E-state index in [-0.39, 0.29) is 0 Å². The fourth-order valence-electron chi connectivity index (χ4n) is 2.29. The van der Waals surface area contributed by atoms with Crippen LogP contribution in [0.5, 0.6) is 0 Å². The van der Waals surface area contributed by atoms with Crippen LogP contribution >= 0.6 is 15.9 Å². The highest BCUT2D eigenvalue weighted by Gasteiger charge is 2.12. The number of nitrogens with one attached hydrogen (secondary N) is 1. The van der Waals surface area contributed by atoms with Gasteiger partial charge in [-0.1, -0.05) is 29.8 Å². The summed E-state index contributed by atoms with van der Waals surface area (Å²) in [5, 5.41) is 4.70. The molecule has 0 amide bonds. The predicted octanol–water partition coefficient (Wildman–Crippen LogP) is 4.35. The van der Waals surface area contributed by atoms with Crippen LogP contribution in [-0.2, 0) is 6.42 Å². The van der Waals surface area contributed by atoms with Gasteiger partial charge in [-0.25, -0.2) is 0 Å². The van der Waals surface area contributed by atoms with E-state index in [4.69, 9.17) is 4.42 Å². The molecule has 0 atom stereocenters. The van der Waals surface area contributed by atoms with Crippen molar-refractivity contribution in [2.45, 2.75) is 40.2 Å². The molecule has 0 spiro atoms. The standard InChI is InChI=1S/C15H20BrNO/c1-9(2)17-6-5-12-8-18-13-7-10(3)15(16)11(4)14(12)13/h7-9,17H,5-6H2,1-4H3. The zero-order valence-electron chi connectivity index (χ0n) is 11.4. The van der Waals surface area contributed by atoms with E-state index in [1.54, 1.807) is 0 Å². The summed E-state index contributed by atoms with van der Waals surface area (Å²) in [6.07, 6.45) is 2.90. The van der Waals surface area contributed by atoms with Gasteiger partial charge >= 0.3 is 0 Å². The minimum Gasteiger partial charge on any atom is -0.464 e. The maximum Gasteiger partial charge on any atom is 0.134 e. The van der Waals surface area contributed by atoms with E-state index in [1.807, 2.05) is 6.26 Å². The summed E-state index contributed by atoms with van der Waals surface area (Å²) >= 11 is 3.65. The van der Waals surface area contributed by atoms with Gasteiger partial charge in [0.05, 0.1) is 6.26 Å². The van der Waals surface area contributed by atoms with Gasteiger partial charge in [-0.05, 0) is 49.6 Å². The number of fused-ring (bicyclic) bond motifs is 1. The van der Waals surface area contributed by atoms with Gasteiger partial charge in [0.1, 0.15) is 5.58 Å². The monoisotopic (exact) mass is 309 g/mol. The van der Waals surface area contributed by atoms with Crippen LogP contribution in [-0.4, -0.2) is 12.6 Å². The highest BCUT2D eigenvalue weighted by Crippen LogP contribution is 2.32. The fourth-order valence-corrected chi connectivity index (χ4v) is 2.60. The van der Waals surface area contributed by atoms with Gasteiger partial charge in [0.15, 0.2) is 0 Å². The highest BCUT2D eigenvalue weighted by atomic mass is 79.9. The first-order valence-electron chi connectivity index (χ1n) is 6.40. The Balaban J connectivity index is 2.32. The third kappa shape index (κ3) is 2.62. The molecule has 2 nitrogen and oxygen atoms in total. The number of benzene rings is 1. The zero-order chi connectivity index (χ0) is 13.3. The van der Waals surface area contributed by atoms with Gasteiger partial charge < -0.3 is 9.73 Å². The van der Waals surface area contributed by atoms with E-state index < -0.39 is 0 Å². The number of furan rings is 1. The molecule has 0 saturated heterocycles. The van der Waals surface area contributed by atoms with Crippen LogP contribution in [0.3, 0.4) is 0 Å².